The van der Waals surface area contributed by atoms with Crippen molar-refractivity contribution in [2.75, 3.05) is 13.2 Å². The number of aryl methyl sites for hydroxylation is 1. The summed E-state index contributed by atoms with van der Waals surface area (Å²) in [5.41, 5.74) is 4.37. The molecule has 2 aliphatic rings. The molecule has 0 spiro atoms. The first-order valence-corrected chi connectivity index (χ1v) is 5.70. The van der Waals surface area contributed by atoms with Gasteiger partial charge in [-0.05, 0) is 48.9 Å². The van der Waals surface area contributed by atoms with Gasteiger partial charge in [-0.15, -0.1) is 0 Å². The molecule has 2 nitrogen and oxygen atoms in total. The Balaban J connectivity index is 1.81. The van der Waals surface area contributed by atoms with Crippen molar-refractivity contribution in [3.05, 3.63) is 28.8 Å². The summed E-state index contributed by atoms with van der Waals surface area (Å²) in [5, 5.41) is 0. The van der Waals surface area contributed by atoms with Crippen molar-refractivity contribution in [2.45, 2.75) is 32.3 Å². The summed E-state index contributed by atoms with van der Waals surface area (Å²) >= 11 is 0. The van der Waals surface area contributed by atoms with Crippen molar-refractivity contribution >= 4 is 0 Å². The molecule has 15 heavy (non-hydrogen) atoms. The topological polar surface area (TPSA) is 21.8 Å². The molecule has 1 unspecified atom stereocenters. The molecule has 1 aliphatic heterocycles. The summed E-state index contributed by atoms with van der Waals surface area (Å²) in [4.78, 5) is 0. The van der Waals surface area contributed by atoms with E-state index in [0.717, 1.165) is 12.4 Å². The molecule has 0 aromatic heterocycles. The van der Waals surface area contributed by atoms with Gasteiger partial charge in [0.25, 0.3) is 0 Å². The third-order valence-corrected chi connectivity index (χ3v) is 3.35. The van der Waals surface area contributed by atoms with E-state index < -0.39 is 0 Å². The Labute approximate surface area is 90.2 Å². The van der Waals surface area contributed by atoms with E-state index in [1.54, 1.807) is 0 Å². The predicted octanol–water partition coefficient (Wildman–Crippen LogP) is 2.26. The third-order valence-electron chi connectivity index (χ3n) is 3.35. The third kappa shape index (κ3) is 1.74. The van der Waals surface area contributed by atoms with Crippen LogP contribution in [0.3, 0.4) is 0 Å². The van der Waals surface area contributed by atoms with Crippen LogP contribution in [-0.4, -0.2) is 19.3 Å². The molecule has 0 radical (unpaired) electrons. The Morgan fingerprint density at radius 3 is 3.07 bits per heavy atom. The van der Waals surface area contributed by atoms with Crippen LogP contribution in [0.1, 0.15) is 23.1 Å². The summed E-state index contributed by atoms with van der Waals surface area (Å²) < 4.78 is 10.9. The van der Waals surface area contributed by atoms with Gasteiger partial charge < -0.3 is 9.47 Å². The normalized spacial score (nSPS) is 22.6. The molecule has 0 bridgehead atoms. The number of benzene rings is 1. The number of rotatable bonds is 3. The zero-order valence-corrected chi connectivity index (χ0v) is 9.08. The van der Waals surface area contributed by atoms with Gasteiger partial charge >= 0.3 is 0 Å². The Kier molecular flexibility index (Phi) is 2.17. The fourth-order valence-corrected chi connectivity index (χ4v) is 2.33. The van der Waals surface area contributed by atoms with E-state index >= 15 is 0 Å². The molecule has 1 aliphatic carbocycles. The first-order valence-electron chi connectivity index (χ1n) is 5.70. The molecule has 80 valence electrons. The van der Waals surface area contributed by atoms with E-state index in [4.69, 9.17) is 9.47 Å². The maximum absolute atomic E-state index is 5.76. The summed E-state index contributed by atoms with van der Waals surface area (Å²) in [7, 11) is 0. The van der Waals surface area contributed by atoms with Crippen molar-refractivity contribution in [3.8, 4) is 5.75 Å². The first kappa shape index (κ1) is 9.22. The van der Waals surface area contributed by atoms with E-state index in [1.807, 2.05) is 0 Å². The summed E-state index contributed by atoms with van der Waals surface area (Å²) in [6, 6.07) is 4.33. The van der Waals surface area contributed by atoms with Crippen molar-refractivity contribution in [1.82, 2.24) is 0 Å². The van der Waals surface area contributed by atoms with Crippen LogP contribution >= 0.6 is 0 Å². The molecule has 1 aromatic carbocycles. The highest BCUT2D eigenvalue weighted by Crippen LogP contribution is 2.31. The minimum Gasteiger partial charge on any atom is -0.491 e. The van der Waals surface area contributed by atoms with Gasteiger partial charge in [-0.2, -0.15) is 0 Å². The lowest BCUT2D eigenvalue weighted by atomic mass is 10.0. The van der Waals surface area contributed by atoms with Crippen molar-refractivity contribution < 1.29 is 9.47 Å². The largest absolute Gasteiger partial charge is 0.491 e. The van der Waals surface area contributed by atoms with Crippen LogP contribution in [0.25, 0.3) is 0 Å². The average molecular weight is 204 g/mol. The SMILES string of the molecule is Cc1c(OCC2CO2)ccc2c1CCC2. The van der Waals surface area contributed by atoms with Gasteiger partial charge in [-0.3, -0.25) is 0 Å². The van der Waals surface area contributed by atoms with Gasteiger partial charge in [0.1, 0.15) is 18.5 Å². The highest BCUT2D eigenvalue weighted by Gasteiger charge is 2.24. The summed E-state index contributed by atoms with van der Waals surface area (Å²) in [6.07, 6.45) is 4.10. The van der Waals surface area contributed by atoms with Crippen LogP contribution in [0.15, 0.2) is 12.1 Å². The monoisotopic (exact) mass is 204 g/mol. The lowest BCUT2D eigenvalue weighted by Gasteiger charge is -2.11. The Morgan fingerprint density at radius 1 is 1.40 bits per heavy atom. The molecular formula is C13H16O2. The molecule has 1 fully saturated rings. The molecule has 2 heteroatoms. The molecule has 1 atom stereocenters. The highest BCUT2D eigenvalue weighted by molar-refractivity contribution is 5.46. The summed E-state index contributed by atoms with van der Waals surface area (Å²) in [5.74, 6) is 1.05. The van der Waals surface area contributed by atoms with E-state index in [1.165, 1.54) is 36.0 Å². The van der Waals surface area contributed by atoms with Gasteiger partial charge in [-0.25, -0.2) is 0 Å². The standard InChI is InChI=1S/C13H16O2/c1-9-12-4-2-3-10(12)5-6-13(9)15-8-11-7-14-11/h5-6,11H,2-4,7-8H2,1H3. The molecule has 1 heterocycles. The van der Waals surface area contributed by atoms with E-state index in [-0.39, 0.29) is 0 Å². The fraction of sp³-hybridized carbons (Fsp3) is 0.538. The van der Waals surface area contributed by atoms with Gasteiger partial charge in [0.15, 0.2) is 0 Å². The van der Waals surface area contributed by atoms with E-state index in [2.05, 4.69) is 19.1 Å². The highest BCUT2D eigenvalue weighted by atomic mass is 16.6. The van der Waals surface area contributed by atoms with Gasteiger partial charge in [0.05, 0.1) is 6.61 Å². The van der Waals surface area contributed by atoms with Crippen LogP contribution in [0.5, 0.6) is 5.75 Å². The smallest absolute Gasteiger partial charge is 0.122 e. The first-order chi connectivity index (χ1) is 7.34. The zero-order valence-electron chi connectivity index (χ0n) is 9.08. The van der Waals surface area contributed by atoms with Crippen molar-refractivity contribution in [1.29, 1.82) is 0 Å². The minimum absolute atomic E-state index is 0.345. The number of hydrogen-bond acceptors (Lipinski definition) is 2. The van der Waals surface area contributed by atoms with Gasteiger partial charge in [-0.1, -0.05) is 6.07 Å². The van der Waals surface area contributed by atoms with E-state index in [0.29, 0.717) is 12.7 Å². The lowest BCUT2D eigenvalue weighted by Crippen LogP contribution is -2.06. The van der Waals surface area contributed by atoms with Crippen molar-refractivity contribution in [2.24, 2.45) is 0 Å². The van der Waals surface area contributed by atoms with Crippen LogP contribution in [0, 0.1) is 6.92 Å². The maximum atomic E-state index is 5.76. The molecule has 3 rings (SSSR count). The minimum atomic E-state index is 0.345. The number of fused-ring (bicyclic) bond motifs is 1. The molecule has 0 saturated carbocycles. The second kappa shape index (κ2) is 3.53. The molecular weight excluding hydrogens is 188 g/mol. The predicted molar refractivity (Wildman–Crippen MR) is 58.4 cm³/mol. The van der Waals surface area contributed by atoms with Crippen LogP contribution in [0.4, 0.5) is 0 Å². The number of hydrogen-bond donors (Lipinski definition) is 0. The Bertz CT molecular complexity index is 380. The molecule has 1 aromatic rings. The summed E-state index contributed by atoms with van der Waals surface area (Å²) in [6.45, 7) is 3.75. The maximum Gasteiger partial charge on any atom is 0.122 e. The lowest BCUT2D eigenvalue weighted by molar-refractivity contribution is 0.261. The second-order valence-electron chi connectivity index (χ2n) is 4.45. The van der Waals surface area contributed by atoms with Crippen LogP contribution < -0.4 is 4.74 Å². The molecule has 0 N–H and O–H groups in total. The Hall–Kier alpha value is -1.02. The number of epoxide rings is 1. The van der Waals surface area contributed by atoms with Gasteiger partial charge in [0.2, 0.25) is 0 Å². The average Bonchev–Trinajstić information content (AvgIpc) is 2.93. The fourth-order valence-electron chi connectivity index (χ4n) is 2.33. The van der Waals surface area contributed by atoms with Crippen LogP contribution in [-0.2, 0) is 17.6 Å². The molecule has 0 amide bonds. The molecule has 1 saturated heterocycles. The van der Waals surface area contributed by atoms with Gasteiger partial charge in [0, 0.05) is 0 Å². The van der Waals surface area contributed by atoms with Crippen molar-refractivity contribution in [3.63, 3.8) is 0 Å². The number of ether oxygens (including phenoxy) is 2. The second-order valence-corrected chi connectivity index (χ2v) is 4.45. The Morgan fingerprint density at radius 2 is 2.27 bits per heavy atom. The zero-order chi connectivity index (χ0) is 10.3. The quantitative estimate of drug-likeness (QED) is 0.704. The van der Waals surface area contributed by atoms with Crippen LogP contribution in [0.2, 0.25) is 0 Å². The van der Waals surface area contributed by atoms with E-state index in [9.17, 15) is 0 Å².